The van der Waals surface area contributed by atoms with Crippen molar-refractivity contribution in [1.82, 2.24) is 10.6 Å². The molecule has 4 N–H and O–H groups in total. The van der Waals surface area contributed by atoms with Crippen LogP contribution in [0.1, 0.15) is 109 Å². The minimum Gasteiger partial charge on any atom is -0.495 e. The van der Waals surface area contributed by atoms with E-state index in [-0.39, 0.29) is 37.7 Å². The summed E-state index contributed by atoms with van der Waals surface area (Å²) in [5, 5.41) is 31.0. The Morgan fingerprint density at radius 1 is 0.980 bits per heavy atom. The lowest BCUT2D eigenvalue weighted by atomic mass is 10.0. The summed E-state index contributed by atoms with van der Waals surface area (Å²) < 4.78 is 19.3. The zero-order valence-electron chi connectivity index (χ0n) is 29.6. The van der Waals surface area contributed by atoms with Crippen LogP contribution in [0.25, 0.3) is 0 Å². The molecular weight excluding hydrogens is 922 g/mol. The predicted octanol–water partition coefficient (Wildman–Crippen LogP) is 8.55. The highest BCUT2D eigenvalue weighted by Crippen LogP contribution is 2.41. The number of unbranched alkanes of at least 4 members (excludes halogenated alkanes) is 8. The minimum atomic E-state index is -1.62. The Kier molecular flexibility index (Phi) is 19.3. The summed E-state index contributed by atoms with van der Waals surface area (Å²) in [5.41, 5.74) is 0.413. The SMILES string of the molecule is COC1=C(Br)C[C@@]2(OC=C1Br)ON=C(C(=O)NCCCOc1c(Br)cc(C(O)CNC(=O)CCCCCCCCCCCC(C)C)cc1Br)[C@H]2O. The lowest BCUT2D eigenvalue weighted by Gasteiger charge is -2.27. The van der Waals surface area contributed by atoms with E-state index in [1.807, 2.05) is 0 Å². The molecule has 2 aliphatic rings. The monoisotopic (exact) mass is 969 g/mol. The molecule has 1 aromatic rings. The van der Waals surface area contributed by atoms with Crippen LogP contribution in [-0.2, 0) is 23.9 Å². The third-order valence-electron chi connectivity index (χ3n) is 8.57. The van der Waals surface area contributed by atoms with E-state index >= 15 is 0 Å². The predicted molar refractivity (Wildman–Crippen MR) is 211 cm³/mol. The van der Waals surface area contributed by atoms with Crippen LogP contribution in [0.15, 0.2) is 47.2 Å². The number of aliphatic hydroxyl groups is 2. The Labute approximate surface area is 335 Å². The van der Waals surface area contributed by atoms with Crippen LogP contribution >= 0.6 is 63.7 Å². The number of ether oxygens (including phenoxy) is 3. The third kappa shape index (κ3) is 13.9. The van der Waals surface area contributed by atoms with Gasteiger partial charge < -0.3 is 39.9 Å². The molecule has 11 nitrogen and oxygen atoms in total. The molecule has 0 radical (unpaired) electrons. The average molecular weight is 973 g/mol. The highest BCUT2D eigenvalue weighted by molar-refractivity contribution is 9.12. The molecule has 0 fully saturated rings. The molecule has 2 amide bonds. The quantitative estimate of drug-likeness (QED) is 0.0846. The van der Waals surface area contributed by atoms with Crippen molar-refractivity contribution < 1.29 is 38.9 Å². The maximum atomic E-state index is 12.8. The van der Waals surface area contributed by atoms with Gasteiger partial charge in [-0.1, -0.05) is 92.7 Å². The van der Waals surface area contributed by atoms with Crippen LogP contribution in [-0.4, -0.2) is 66.4 Å². The maximum absolute atomic E-state index is 12.8. The smallest absolute Gasteiger partial charge is 0.311 e. The van der Waals surface area contributed by atoms with Gasteiger partial charge in [0.1, 0.15) is 17.8 Å². The second-order valence-corrected chi connectivity index (χ2v) is 16.7. The summed E-state index contributed by atoms with van der Waals surface area (Å²) in [6.45, 7) is 5.19. The Morgan fingerprint density at radius 3 is 2.24 bits per heavy atom. The fourth-order valence-corrected chi connectivity index (χ4v) is 8.61. The Hall–Kier alpha value is -1.65. The molecule has 1 unspecified atom stereocenters. The van der Waals surface area contributed by atoms with Crippen LogP contribution in [0.3, 0.4) is 0 Å². The maximum Gasteiger partial charge on any atom is 0.311 e. The van der Waals surface area contributed by atoms with Gasteiger partial charge in [-0.15, -0.1) is 0 Å². The highest BCUT2D eigenvalue weighted by Gasteiger charge is 2.54. The van der Waals surface area contributed by atoms with Gasteiger partial charge in [-0.3, -0.25) is 9.59 Å². The number of rotatable bonds is 22. The Balaban J connectivity index is 1.31. The Bertz CT molecular complexity index is 1380. The van der Waals surface area contributed by atoms with Crippen LogP contribution in [0.4, 0.5) is 0 Å². The average Bonchev–Trinajstić information content (AvgIpc) is 3.33. The molecule has 1 aromatic carbocycles. The van der Waals surface area contributed by atoms with E-state index in [1.54, 1.807) is 12.1 Å². The van der Waals surface area contributed by atoms with Gasteiger partial charge in [-0.05, 0) is 84.2 Å². The first-order chi connectivity index (χ1) is 24.4. The molecule has 2 heterocycles. The van der Waals surface area contributed by atoms with Gasteiger partial charge in [0.05, 0.1) is 39.7 Å². The van der Waals surface area contributed by atoms with Gasteiger partial charge in [-0.2, -0.15) is 0 Å². The molecule has 0 aliphatic carbocycles. The van der Waals surface area contributed by atoms with E-state index in [0.717, 1.165) is 25.2 Å². The van der Waals surface area contributed by atoms with Crippen LogP contribution < -0.4 is 15.4 Å². The molecule has 2 aliphatic heterocycles. The second-order valence-electron chi connectivity index (χ2n) is 13.2. The number of methoxy groups -OCH3 is 1. The highest BCUT2D eigenvalue weighted by atomic mass is 79.9. The minimum absolute atomic E-state index is 0.0460. The molecule has 3 atom stereocenters. The summed E-state index contributed by atoms with van der Waals surface area (Å²) in [5.74, 6) is -0.465. The van der Waals surface area contributed by atoms with Crippen molar-refractivity contribution in [3.63, 3.8) is 0 Å². The number of allylic oxidation sites excluding steroid dienone is 1. The number of carbonyl (C=O) groups excluding carboxylic acids is 2. The number of hydrogen-bond acceptors (Lipinski definition) is 9. The molecule has 286 valence electrons. The summed E-state index contributed by atoms with van der Waals surface area (Å²) in [7, 11) is 1.50. The van der Waals surface area contributed by atoms with Crippen molar-refractivity contribution in [2.24, 2.45) is 11.1 Å². The first-order valence-corrected chi connectivity index (χ1v) is 20.8. The molecule has 51 heavy (non-hydrogen) atoms. The zero-order chi connectivity index (χ0) is 37.4. The Morgan fingerprint density at radius 2 is 1.61 bits per heavy atom. The first-order valence-electron chi connectivity index (χ1n) is 17.6. The number of nitrogens with one attached hydrogen (secondary N) is 2. The van der Waals surface area contributed by atoms with Crippen molar-refractivity contribution in [3.05, 3.63) is 47.6 Å². The molecule has 0 saturated heterocycles. The van der Waals surface area contributed by atoms with Gasteiger partial charge in [0, 0.05) is 24.0 Å². The molecule has 0 aromatic heterocycles. The summed E-state index contributed by atoms with van der Waals surface area (Å²) in [6, 6.07) is 3.51. The van der Waals surface area contributed by atoms with Crippen LogP contribution in [0.5, 0.6) is 5.75 Å². The molecule has 0 bridgehead atoms. The van der Waals surface area contributed by atoms with E-state index < -0.39 is 23.9 Å². The number of nitrogens with zero attached hydrogens (tertiary/aromatic N) is 1. The number of benzene rings is 1. The zero-order valence-corrected chi connectivity index (χ0v) is 35.9. The molecule has 1 spiro atoms. The lowest BCUT2D eigenvalue weighted by molar-refractivity contribution is -0.225. The number of hydrogen-bond donors (Lipinski definition) is 4. The van der Waals surface area contributed by atoms with Gasteiger partial charge in [0.15, 0.2) is 11.8 Å². The number of halogens is 4. The summed E-state index contributed by atoms with van der Waals surface area (Å²) in [4.78, 5) is 30.6. The van der Waals surface area contributed by atoms with Crippen molar-refractivity contribution in [2.75, 3.05) is 26.8 Å². The van der Waals surface area contributed by atoms with Crippen molar-refractivity contribution in [3.8, 4) is 5.75 Å². The van der Waals surface area contributed by atoms with Crippen LogP contribution in [0, 0.1) is 5.92 Å². The number of oxime groups is 1. The fraction of sp³-hybridized carbons (Fsp3) is 0.639. The van der Waals surface area contributed by atoms with E-state index in [0.29, 0.717) is 47.8 Å². The molecular formula is C36H51Br4N3O8. The van der Waals surface area contributed by atoms with Crippen molar-refractivity contribution >= 4 is 81.2 Å². The topological polar surface area (TPSA) is 148 Å². The molecule has 0 saturated carbocycles. The van der Waals surface area contributed by atoms with E-state index in [2.05, 4.69) is 93.4 Å². The number of aliphatic hydroxyl groups excluding tert-OH is 2. The molecule has 3 rings (SSSR count). The van der Waals surface area contributed by atoms with Crippen LogP contribution in [0.2, 0.25) is 0 Å². The van der Waals surface area contributed by atoms with Gasteiger partial charge in [0.2, 0.25) is 5.91 Å². The fourth-order valence-electron chi connectivity index (χ4n) is 5.64. The van der Waals surface area contributed by atoms with E-state index in [9.17, 15) is 19.8 Å². The third-order valence-corrected chi connectivity index (χ3v) is 10.9. The second kappa shape index (κ2) is 22.5. The first kappa shape index (κ1) is 43.8. The number of carbonyl (C=O) groups is 2. The summed E-state index contributed by atoms with van der Waals surface area (Å²) >= 11 is 13.8. The molecule has 15 heteroatoms. The number of amides is 2. The van der Waals surface area contributed by atoms with Crippen molar-refractivity contribution in [1.29, 1.82) is 0 Å². The standard InChI is InChI=1S/C36H51Br4N3O8/c1-23(2)14-11-9-7-5-4-6-8-10-12-15-30(45)42-21-29(44)24-18-25(37)33(26(38)19-24)49-17-13-16-41-35(47)31-34(46)36(51-43-31)20-27(39)32(48-3)28(40)22-50-36/h18-19,22-23,29,34,44,46H,4-17,20-21H2,1-3H3,(H,41,47)(H,42,45)/t29?,34-,36-/m1/s1. The normalized spacial score (nSPS) is 19.2. The van der Waals surface area contributed by atoms with Crippen molar-refractivity contribution in [2.45, 2.75) is 115 Å². The van der Waals surface area contributed by atoms with Gasteiger partial charge in [-0.25, -0.2) is 0 Å². The summed E-state index contributed by atoms with van der Waals surface area (Å²) in [6.07, 6.45) is 12.1. The van der Waals surface area contributed by atoms with E-state index in [4.69, 9.17) is 19.0 Å². The van der Waals surface area contributed by atoms with Gasteiger partial charge in [0.25, 0.3) is 5.91 Å². The van der Waals surface area contributed by atoms with Gasteiger partial charge >= 0.3 is 5.79 Å². The lowest BCUT2D eigenvalue weighted by Crippen LogP contribution is -2.49. The largest absolute Gasteiger partial charge is 0.495 e. The van der Waals surface area contributed by atoms with E-state index in [1.165, 1.54) is 58.3 Å².